The number of aromatic nitrogens is 1. The van der Waals surface area contributed by atoms with Crippen LogP contribution in [-0.4, -0.2) is 40.4 Å². The normalized spacial score (nSPS) is 12.0. The minimum Gasteiger partial charge on any atom is -0.394 e. The quantitative estimate of drug-likeness (QED) is 0.317. The highest BCUT2D eigenvalue weighted by atomic mass is 35.5. The number of hydrogen-bond acceptors (Lipinski definition) is 6. The Labute approximate surface area is 154 Å². The first-order chi connectivity index (χ1) is 12.7. The number of pyridine rings is 1. The number of aliphatic hydroxyl groups is 2. The lowest BCUT2D eigenvalue weighted by molar-refractivity contribution is -0.0295. The largest absolute Gasteiger partial charge is 0.394 e. The van der Waals surface area contributed by atoms with Gasteiger partial charge in [-0.2, -0.15) is 0 Å². The average Bonchev–Trinajstić information content (AvgIpc) is 2.63. The van der Waals surface area contributed by atoms with Crippen molar-refractivity contribution in [2.45, 2.75) is 6.10 Å². The number of rotatable bonds is 7. The third kappa shape index (κ3) is 5.04. The molecule has 0 bridgehead atoms. The lowest BCUT2D eigenvalue weighted by Gasteiger charge is -2.15. The van der Waals surface area contributed by atoms with Gasteiger partial charge in [-0.25, -0.2) is 28.0 Å². The van der Waals surface area contributed by atoms with Crippen LogP contribution in [0.15, 0.2) is 18.3 Å². The van der Waals surface area contributed by atoms with E-state index in [-0.39, 0.29) is 0 Å². The predicted molar refractivity (Wildman–Crippen MR) is 85.3 cm³/mol. The summed E-state index contributed by atoms with van der Waals surface area (Å²) in [6.07, 6.45) is -0.678. The predicted octanol–water partition coefficient (Wildman–Crippen LogP) is 2.05. The summed E-state index contributed by atoms with van der Waals surface area (Å²) in [4.78, 5) is 20.1. The van der Waals surface area contributed by atoms with E-state index in [9.17, 15) is 22.4 Å². The first-order valence-electron chi connectivity index (χ1n) is 7.21. The second-order valence-corrected chi connectivity index (χ2v) is 5.50. The Hall–Kier alpha value is -2.47. The van der Waals surface area contributed by atoms with Crippen molar-refractivity contribution in [1.82, 2.24) is 10.5 Å². The maximum atomic E-state index is 14.2. The van der Waals surface area contributed by atoms with Crippen LogP contribution in [0, 0.1) is 23.3 Å². The van der Waals surface area contributed by atoms with Crippen molar-refractivity contribution in [2.24, 2.45) is 0 Å². The zero-order chi connectivity index (χ0) is 20.1. The number of anilines is 2. The molecular formula is C15H12ClF4N3O4. The Kier molecular flexibility index (Phi) is 6.91. The van der Waals surface area contributed by atoms with Gasteiger partial charge in [0.25, 0.3) is 5.91 Å². The summed E-state index contributed by atoms with van der Waals surface area (Å²) in [6, 6.07) is 1.18. The maximum absolute atomic E-state index is 14.2. The second-order valence-electron chi connectivity index (χ2n) is 5.10. The molecule has 4 N–H and O–H groups in total. The van der Waals surface area contributed by atoms with Crippen LogP contribution in [0.5, 0.6) is 0 Å². The SMILES string of the molecule is O=C(NOC[C@H](O)CO)c1cc(Cl)c(F)c(F)c1Nc1ncc(F)cc1F. The molecule has 1 aromatic carbocycles. The molecule has 0 aliphatic rings. The summed E-state index contributed by atoms with van der Waals surface area (Å²) in [5, 5.41) is 19.1. The van der Waals surface area contributed by atoms with Gasteiger partial charge in [0.1, 0.15) is 18.5 Å². The van der Waals surface area contributed by atoms with Gasteiger partial charge in [0.05, 0.1) is 29.1 Å². The van der Waals surface area contributed by atoms with Crippen molar-refractivity contribution in [1.29, 1.82) is 0 Å². The average molecular weight is 410 g/mol. The summed E-state index contributed by atoms with van der Waals surface area (Å²) in [5.41, 5.74) is 0.387. The zero-order valence-corrected chi connectivity index (χ0v) is 14.0. The molecule has 0 spiro atoms. The Bertz CT molecular complexity index is 856. The van der Waals surface area contributed by atoms with Crippen molar-refractivity contribution >= 4 is 29.0 Å². The highest BCUT2D eigenvalue weighted by Gasteiger charge is 2.24. The topological polar surface area (TPSA) is 104 Å². The van der Waals surface area contributed by atoms with Gasteiger partial charge in [-0.05, 0) is 6.07 Å². The van der Waals surface area contributed by atoms with E-state index >= 15 is 0 Å². The molecule has 12 heteroatoms. The van der Waals surface area contributed by atoms with Crippen LogP contribution in [0.2, 0.25) is 5.02 Å². The van der Waals surface area contributed by atoms with Gasteiger partial charge in [-0.15, -0.1) is 0 Å². The Morgan fingerprint density at radius 3 is 2.59 bits per heavy atom. The molecule has 146 valence electrons. The van der Waals surface area contributed by atoms with Gasteiger partial charge < -0.3 is 15.5 Å². The number of benzene rings is 1. The Balaban J connectivity index is 2.34. The standard InChI is InChI=1S/C15H12ClF4N3O4/c16-9-2-8(15(26)23-27-5-7(25)4-24)13(12(20)11(9)19)22-14-10(18)1-6(17)3-21-14/h1-3,7,24-25H,4-5H2,(H,21,22)(H,23,26)/t7-/m1/s1. The minimum atomic E-state index is -1.62. The number of halogens is 5. The summed E-state index contributed by atoms with van der Waals surface area (Å²) in [6.45, 7) is -1.15. The molecule has 0 unspecified atom stereocenters. The first kappa shape index (κ1) is 20.8. The molecule has 0 aliphatic carbocycles. The van der Waals surface area contributed by atoms with Crippen molar-refractivity contribution in [3.8, 4) is 0 Å². The van der Waals surface area contributed by atoms with E-state index in [1.54, 1.807) is 0 Å². The van der Waals surface area contributed by atoms with Crippen molar-refractivity contribution in [2.75, 3.05) is 18.5 Å². The number of hydrogen-bond donors (Lipinski definition) is 4. The molecule has 1 aromatic heterocycles. The summed E-state index contributed by atoms with van der Waals surface area (Å²) < 4.78 is 54.7. The Morgan fingerprint density at radius 2 is 1.96 bits per heavy atom. The molecule has 7 nitrogen and oxygen atoms in total. The highest BCUT2D eigenvalue weighted by Crippen LogP contribution is 2.31. The zero-order valence-electron chi connectivity index (χ0n) is 13.3. The summed E-state index contributed by atoms with van der Waals surface area (Å²) in [5.74, 6) is -7.18. The molecule has 2 aromatic rings. The number of carbonyl (C=O) groups excluding carboxylic acids is 1. The van der Waals surface area contributed by atoms with Gasteiger partial charge in [0.2, 0.25) is 0 Å². The van der Waals surface area contributed by atoms with Gasteiger partial charge in [0, 0.05) is 6.07 Å². The fourth-order valence-electron chi connectivity index (χ4n) is 1.83. The summed E-state index contributed by atoms with van der Waals surface area (Å²) >= 11 is 5.52. The van der Waals surface area contributed by atoms with Crippen LogP contribution in [0.3, 0.4) is 0 Å². The minimum absolute atomic E-state index is 0.443. The highest BCUT2D eigenvalue weighted by molar-refractivity contribution is 6.31. The van der Waals surface area contributed by atoms with E-state index in [0.29, 0.717) is 12.3 Å². The maximum Gasteiger partial charge on any atom is 0.277 e. The number of carbonyl (C=O) groups is 1. The first-order valence-corrected chi connectivity index (χ1v) is 7.59. The van der Waals surface area contributed by atoms with Crippen molar-refractivity contribution in [3.63, 3.8) is 0 Å². The van der Waals surface area contributed by atoms with E-state index in [2.05, 4.69) is 15.1 Å². The van der Waals surface area contributed by atoms with Crippen LogP contribution < -0.4 is 10.8 Å². The molecule has 0 saturated heterocycles. The molecule has 1 amide bonds. The van der Waals surface area contributed by atoms with Gasteiger partial charge in [0.15, 0.2) is 23.3 Å². The molecule has 1 atom stereocenters. The van der Waals surface area contributed by atoms with E-state index in [4.69, 9.17) is 21.8 Å². The number of aliphatic hydroxyl groups excluding tert-OH is 2. The molecule has 2 rings (SSSR count). The fraction of sp³-hybridized carbons (Fsp3) is 0.200. The van der Waals surface area contributed by atoms with Crippen LogP contribution in [0.4, 0.5) is 29.1 Å². The lowest BCUT2D eigenvalue weighted by atomic mass is 10.1. The summed E-state index contributed by atoms with van der Waals surface area (Å²) in [7, 11) is 0. The molecule has 0 radical (unpaired) electrons. The van der Waals surface area contributed by atoms with Crippen molar-refractivity contribution in [3.05, 3.63) is 52.2 Å². The van der Waals surface area contributed by atoms with Crippen LogP contribution in [-0.2, 0) is 4.84 Å². The molecule has 1 heterocycles. The van der Waals surface area contributed by atoms with E-state index in [1.807, 2.05) is 5.48 Å². The third-order valence-electron chi connectivity index (χ3n) is 3.11. The fourth-order valence-corrected chi connectivity index (χ4v) is 2.02. The molecule has 0 fully saturated rings. The van der Waals surface area contributed by atoms with E-state index in [1.165, 1.54) is 0 Å². The monoisotopic (exact) mass is 409 g/mol. The molecule has 0 saturated carbocycles. The molecular weight excluding hydrogens is 398 g/mol. The number of nitrogens with one attached hydrogen (secondary N) is 2. The number of nitrogens with zero attached hydrogens (tertiary/aromatic N) is 1. The van der Waals surface area contributed by atoms with Gasteiger partial charge in [-0.3, -0.25) is 9.63 Å². The van der Waals surface area contributed by atoms with Gasteiger partial charge >= 0.3 is 0 Å². The Morgan fingerprint density at radius 1 is 1.26 bits per heavy atom. The third-order valence-corrected chi connectivity index (χ3v) is 3.38. The number of amides is 1. The second kappa shape index (κ2) is 8.95. The smallest absolute Gasteiger partial charge is 0.277 e. The van der Waals surface area contributed by atoms with Gasteiger partial charge in [-0.1, -0.05) is 11.6 Å². The number of hydroxylamine groups is 1. The van der Waals surface area contributed by atoms with E-state index < -0.39 is 70.6 Å². The lowest BCUT2D eigenvalue weighted by Crippen LogP contribution is -2.30. The van der Waals surface area contributed by atoms with Crippen LogP contribution >= 0.6 is 11.6 Å². The van der Waals surface area contributed by atoms with Crippen LogP contribution in [0.1, 0.15) is 10.4 Å². The molecule has 27 heavy (non-hydrogen) atoms. The van der Waals surface area contributed by atoms with E-state index in [0.717, 1.165) is 6.07 Å². The van der Waals surface area contributed by atoms with Crippen molar-refractivity contribution < 1.29 is 37.4 Å². The van der Waals surface area contributed by atoms with Crippen LogP contribution in [0.25, 0.3) is 0 Å². The molecule has 0 aliphatic heterocycles.